The number of sulfonamides is 1. The molecule has 0 bridgehead atoms. The second-order valence-corrected chi connectivity index (χ2v) is 7.98. The van der Waals surface area contributed by atoms with E-state index in [4.69, 9.17) is 4.74 Å². The van der Waals surface area contributed by atoms with Crippen LogP contribution in [0.2, 0.25) is 0 Å². The van der Waals surface area contributed by atoms with E-state index in [0.29, 0.717) is 12.3 Å². The Morgan fingerprint density at radius 3 is 2.32 bits per heavy atom. The fraction of sp³-hybridized carbons (Fsp3) is 0.250. The number of halogens is 1. The van der Waals surface area contributed by atoms with Crippen LogP contribution in [0.4, 0.5) is 0 Å². The normalized spacial score (nSPS) is 11.7. The van der Waals surface area contributed by atoms with Crippen molar-refractivity contribution in [3.63, 3.8) is 0 Å². The van der Waals surface area contributed by atoms with Crippen molar-refractivity contribution in [1.29, 1.82) is 0 Å². The minimum Gasteiger partial charge on any atom is -0.496 e. The van der Waals surface area contributed by atoms with Crippen molar-refractivity contribution in [1.82, 2.24) is 4.31 Å². The maximum Gasteiger partial charge on any atom is 0.243 e. The van der Waals surface area contributed by atoms with E-state index >= 15 is 0 Å². The highest BCUT2D eigenvalue weighted by molar-refractivity contribution is 9.10. The molecule has 0 aliphatic rings. The average Bonchev–Trinajstić information content (AvgIpc) is 2.49. The van der Waals surface area contributed by atoms with Gasteiger partial charge in [0.25, 0.3) is 0 Å². The average molecular weight is 384 g/mol. The van der Waals surface area contributed by atoms with Gasteiger partial charge in [0.2, 0.25) is 10.0 Å². The summed E-state index contributed by atoms with van der Waals surface area (Å²) in [7, 11) is -0.383. The Labute approximate surface area is 139 Å². The fourth-order valence-corrected chi connectivity index (χ4v) is 3.63. The van der Waals surface area contributed by atoms with Crippen molar-refractivity contribution in [2.24, 2.45) is 0 Å². The van der Waals surface area contributed by atoms with Gasteiger partial charge in [0.1, 0.15) is 5.75 Å². The molecule has 0 saturated carbocycles. The van der Waals surface area contributed by atoms with Gasteiger partial charge in [-0.1, -0.05) is 28.1 Å². The molecule has 0 unspecified atom stereocenters. The van der Waals surface area contributed by atoms with Crippen LogP contribution in [0.5, 0.6) is 5.75 Å². The SMILES string of the molecule is COc1ccc(S(=O)(=O)N(C)Cc2ccc(Br)cc2)cc1C. The van der Waals surface area contributed by atoms with Gasteiger partial charge in [-0.2, -0.15) is 4.31 Å². The van der Waals surface area contributed by atoms with Crippen LogP contribution in [0.1, 0.15) is 11.1 Å². The molecule has 4 nitrogen and oxygen atoms in total. The molecule has 2 aromatic rings. The summed E-state index contributed by atoms with van der Waals surface area (Å²) in [6.07, 6.45) is 0. The minimum atomic E-state index is -3.53. The lowest BCUT2D eigenvalue weighted by molar-refractivity contribution is 0.411. The van der Waals surface area contributed by atoms with Crippen LogP contribution in [-0.2, 0) is 16.6 Å². The number of aryl methyl sites for hydroxylation is 1. The summed E-state index contributed by atoms with van der Waals surface area (Å²) in [6, 6.07) is 12.5. The zero-order valence-electron chi connectivity index (χ0n) is 12.7. The molecule has 0 aromatic heterocycles. The van der Waals surface area contributed by atoms with Gasteiger partial charge in [0, 0.05) is 18.1 Å². The maximum atomic E-state index is 12.6. The van der Waals surface area contributed by atoms with Gasteiger partial charge in [-0.05, 0) is 48.4 Å². The van der Waals surface area contributed by atoms with Crippen LogP contribution >= 0.6 is 15.9 Å². The molecule has 2 rings (SSSR count). The number of nitrogens with zero attached hydrogens (tertiary/aromatic N) is 1. The molecule has 0 saturated heterocycles. The van der Waals surface area contributed by atoms with Crippen molar-refractivity contribution in [3.8, 4) is 5.75 Å². The van der Waals surface area contributed by atoms with Crippen molar-refractivity contribution in [2.75, 3.05) is 14.2 Å². The Balaban J connectivity index is 2.25. The largest absolute Gasteiger partial charge is 0.496 e. The van der Waals surface area contributed by atoms with Crippen LogP contribution in [0.25, 0.3) is 0 Å². The van der Waals surface area contributed by atoms with Crippen molar-refractivity contribution < 1.29 is 13.2 Å². The summed E-state index contributed by atoms with van der Waals surface area (Å²) in [4.78, 5) is 0.269. The van der Waals surface area contributed by atoms with Crippen LogP contribution in [0.15, 0.2) is 51.8 Å². The Morgan fingerprint density at radius 2 is 1.77 bits per heavy atom. The van der Waals surface area contributed by atoms with Gasteiger partial charge in [0.15, 0.2) is 0 Å². The molecule has 6 heteroatoms. The molecule has 118 valence electrons. The molecule has 0 fully saturated rings. The summed E-state index contributed by atoms with van der Waals surface area (Å²) in [6.45, 7) is 2.15. The van der Waals surface area contributed by atoms with E-state index in [9.17, 15) is 8.42 Å². The first-order valence-corrected chi connectivity index (χ1v) is 8.93. The van der Waals surface area contributed by atoms with Crippen LogP contribution < -0.4 is 4.74 Å². The Bertz CT molecular complexity index is 757. The first-order chi connectivity index (χ1) is 10.3. The van der Waals surface area contributed by atoms with Crippen LogP contribution in [-0.4, -0.2) is 26.9 Å². The molecule has 22 heavy (non-hydrogen) atoms. The molecule has 0 radical (unpaired) electrons. The molecule has 0 atom stereocenters. The monoisotopic (exact) mass is 383 g/mol. The zero-order valence-corrected chi connectivity index (χ0v) is 15.1. The van der Waals surface area contributed by atoms with Gasteiger partial charge < -0.3 is 4.74 Å². The molecular formula is C16H18BrNO3S. The van der Waals surface area contributed by atoms with E-state index in [2.05, 4.69) is 15.9 Å². The Kier molecular flexibility index (Phi) is 5.26. The smallest absolute Gasteiger partial charge is 0.243 e. The van der Waals surface area contributed by atoms with E-state index < -0.39 is 10.0 Å². The summed E-state index contributed by atoms with van der Waals surface area (Å²) >= 11 is 3.37. The van der Waals surface area contributed by atoms with E-state index in [0.717, 1.165) is 15.6 Å². The number of benzene rings is 2. The molecular weight excluding hydrogens is 366 g/mol. The molecule has 2 aromatic carbocycles. The third-order valence-electron chi connectivity index (χ3n) is 3.39. The first kappa shape index (κ1) is 17.0. The standard InChI is InChI=1S/C16H18BrNO3S/c1-12-10-15(8-9-16(12)21-3)22(19,20)18(2)11-13-4-6-14(17)7-5-13/h4-10H,11H2,1-3H3. The zero-order chi connectivity index (χ0) is 16.3. The van der Waals surface area contributed by atoms with E-state index in [1.54, 1.807) is 32.4 Å². The molecule has 0 aliphatic heterocycles. The third kappa shape index (κ3) is 3.69. The van der Waals surface area contributed by atoms with Gasteiger partial charge in [-0.25, -0.2) is 8.42 Å². The lowest BCUT2D eigenvalue weighted by atomic mass is 10.2. The highest BCUT2D eigenvalue weighted by atomic mass is 79.9. The van der Waals surface area contributed by atoms with Gasteiger partial charge in [-0.15, -0.1) is 0 Å². The van der Waals surface area contributed by atoms with E-state index in [1.165, 1.54) is 4.31 Å². The topological polar surface area (TPSA) is 46.6 Å². The Morgan fingerprint density at radius 1 is 1.14 bits per heavy atom. The number of methoxy groups -OCH3 is 1. The summed E-state index contributed by atoms with van der Waals surface area (Å²) < 4.78 is 32.7. The maximum absolute atomic E-state index is 12.6. The summed E-state index contributed by atoms with van der Waals surface area (Å²) in [5, 5.41) is 0. The predicted molar refractivity (Wildman–Crippen MR) is 90.5 cm³/mol. The molecule has 0 N–H and O–H groups in total. The van der Waals surface area contributed by atoms with Crippen molar-refractivity contribution in [3.05, 3.63) is 58.1 Å². The van der Waals surface area contributed by atoms with Crippen molar-refractivity contribution >= 4 is 26.0 Å². The number of ether oxygens (including phenoxy) is 1. The number of hydrogen-bond donors (Lipinski definition) is 0. The van der Waals surface area contributed by atoms with Crippen LogP contribution in [0.3, 0.4) is 0 Å². The quantitative estimate of drug-likeness (QED) is 0.792. The van der Waals surface area contributed by atoms with Crippen molar-refractivity contribution in [2.45, 2.75) is 18.4 Å². The predicted octanol–water partition coefficient (Wildman–Crippen LogP) is 3.59. The molecule has 0 aliphatic carbocycles. The Hall–Kier alpha value is -1.37. The van der Waals surface area contributed by atoms with E-state index in [-0.39, 0.29) is 4.90 Å². The highest BCUT2D eigenvalue weighted by Gasteiger charge is 2.21. The number of hydrogen-bond acceptors (Lipinski definition) is 3. The molecule has 0 spiro atoms. The van der Waals surface area contributed by atoms with Gasteiger partial charge in [-0.3, -0.25) is 0 Å². The third-order valence-corrected chi connectivity index (χ3v) is 5.72. The second kappa shape index (κ2) is 6.81. The summed E-state index contributed by atoms with van der Waals surface area (Å²) in [5.41, 5.74) is 1.72. The fourth-order valence-electron chi connectivity index (χ4n) is 2.12. The lowest BCUT2D eigenvalue weighted by Crippen LogP contribution is -2.26. The van der Waals surface area contributed by atoms with Crippen LogP contribution in [0, 0.1) is 6.92 Å². The molecule has 0 amide bonds. The second-order valence-electron chi connectivity index (χ2n) is 5.02. The lowest BCUT2D eigenvalue weighted by Gasteiger charge is -2.18. The van der Waals surface area contributed by atoms with Gasteiger partial charge >= 0.3 is 0 Å². The summed E-state index contributed by atoms with van der Waals surface area (Å²) in [5.74, 6) is 0.675. The number of rotatable bonds is 5. The molecule has 0 heterocycles. The van der Waals surface area contributed by atoms with E-state index in [1.807, 2.05) is 31.2 Å². The highest BCUT2D eigenvalue weighted by Crippen LogP contribution is 2.24. The minimum absolute atomic E-state index is 0.269. The van der Waals surface area contributed by atoms with Gasteiger partial charge in [0.05, 0.1) is 12.0 Å². The first-order valence-electron chi connectivity index (χ1n) is 6.70.